The molecule has 0 radical (unpaired) electrons. The molecule has 0 amide bonds. The normalized spacial score (nSPS) is 46.0. The number of aliphatic hydroxyl groups excluding tert-OH is 8. The summed E-state index contributed by atoms with van der Waals surface area (Å²) in [6, 6.07) is 0. The zero-order chi connectivity index (χ0) is 33.3. The number of allylic oxidation sites excluding steroid dienone is 2. The number of hydrogen-bond acceptors (Lipinski definition) is 13. The molecule has 0 bridgehead atoms. The van der Waals surface area contributed by atoms with Crippen molar-refractivity contribution in [2.75, 3.05) is 19.8 Å². The van der Waals surface area contributed by atoms with E-state index in [0.29, 0.717) is 6.42 Å². The second kappa shape index (κ2) is 14.7. The number of fused-ring (bicyclic) bond motifs is 1. The topological polar surface area (TPSA) is 216 Å². The summed E-state index contributed by atoms with van der Waals surface area (Å²) >= 11 is 0. The van der Waals surface area contributed by atoms with Gasteiger partial charge in [0.2, 0.25) is 6.29 Å². The molecule has 2 aliphatic heterocycles. The molecule has 13 heteroatoms. The maximum atomic E-state index is 13.8. The Hall–Kier alpha value is -1.49. The second-order valence-corrected chi connectivity index (χ2v) is 13.8. The van der Waals surface area contributed by atoms with Crippen LogP contribution in [0.5, 0.6) is 0 Å². The number of ether oxygens (including phenoxy) is 4. The van der Waals surface area contributed by atoms with Gasteiger partial charge in [0.15, 0.2) is 6.29 Å². The summed E-state index contributed by atoms with van der Waals surface area (Å²) in [7, 11) is 0. The Balaban J connectivity index is 1.39. The van der Waals surface area contributed by atoms with E-state index >= 15 is 0 Å². The van der Waals surface area contributed by atoms with Crippen LogP contribution in [0.3, 0.4) is 0 Å². The summed E-state index contributed by atoms with van der Waals surface area (Å²) in [4.78, 5) is 13.8. The maximum absolute atomic E-state index is 13.8. The van der Waals surface area contributed by atoms with E-state index in [1.807, 2.05) is 19.9 Å². The first-order valence-corrected chi connectivity index (χ1v) is 16.0. The number of rotatable bonds is 10. The van der Waals surface area contributed by atoms with Crippen LogP contribution in [0.2, 0.25) is 0 Å². The fraction of sp³-hybridized carbons (Fsp3) is 0.844. The van der Waals surface area contributed by atoms with Crippen LogP contribution in [-0.2, 0) is 23.7 Å². The van der Waals surface area contributed by atoms with Crippen LogP contribution >= 0.6 is 0 Å². The molecule has 2 heterocycles. The van der Waals surface area contributed by atoms with E-state index < -0.39 is 86.0 Å². The van der Waals surface area contributed by atoms with Crippen molar-refractivity contribution in [2.24, 2.45) is 22.7 Å². The first kappa shape index (κ1) is 36.3. The van der Waals surface area contributed by atoms with Gasteiger partial charge in [0, 0.05) is 0 Å². The highest BCUT2D eigenvalue weighted by Gasteiger charge is 2.59. The molecule has 8 N–H and O–H groups in total. The zero-order valence-electron chi connectivity index (χ0n) is 26.4. The highest BCUT2D eigenvalue weighted by molar-refractivity contribution is 5.77. The Morgan fingerprint density at radius 1 is 0.911 bits per heavy atom. The Morgan fingerprint density at radius 3 is 2.09 bits per heavy atom. The van der Waals surface area contributed by atoms with Gasteiger partial charge < -0.3 is 59.8 Å². The SMILES string of the molecule is C=C1CC[C@@H]2[C@](C)(CCC[C@]2(C)C(=O)O[C@@H]2O[C@H](CO)[C@@H](O)[C@H](O)[C@H]2O)[C@H]1CC/C(C)=C/CO[C@@H]1O[C@H](CO)[C@@H](O)[C@H](O)[C@H]1O. The van der Waals surface area contributed by atoms with Crippen molar-refractivity contribution in [1.29, 1.82) is 0 Å². The predicted molar refractivity (Wildman–Crippen MR) is 158 cm³/mol. The molecule has 0 spiro atoms. The summed E-state index contributed by atoms with van der Waals surface area (Å²) in [5.74, 6) is -0.480. The van der Waals surface area contributed by atoms with E-state index in [4.69, 9.17) is 18.9 Å². The summed E-state index contributed by atoms with van der Waals surface area (Å²) in [5.41, 5.74) is 1.00. The van der Waals surface area contributed by atoms with Gasteiger partial charge in [-0.15, -0.1) is 0 Å². The minimum Gasteiger partial charge on any atom is -0.432 e. The fourth-order valence-electron chi connectivity index (χ4n) is 8.10. The second-order valence-electron chi connectivity index (χ2n) is 13.8. The van der Waals surface area contributed by atoms with Gasteiger partial charge in [-0.1, -0.05) is 37.1 Å². The van der Waals surface area contributed by atoms with Crippen molar-refractivity contribution in [1.82, 2.24) is 0 Å². The molecule has 4 fully saturated rings. The third-order valence-electron chi connectivity index (χ3n) is 10.9. The first-order chi connectivity index (χ1) is 21.2. The molecule has 4 rings (SSSR count). The minimum atomic E-state index is -1.66. The molecule has 4 aliphatic rings. The third-order valence-corrected chi connectivity index (χ3v) is 10.9. The van der Waals surface area contributed by atoms with Crippen molar-refractivity contribution in [3.8, 4) is 0 Å². The van der Waals surface area contributed by atoms with Gasteiger partial charge in [-0.2, -0.15) is 0 Å². The molecule has 0 aromatic rings. The Morgan fingerprint density at radius 2 is 1.49 bits per heavy atom. The molecule has 2 saturated heterocycles. The molecule has 14 atom stereocenters. The Bertz CT molecular complexity index is 1060. The molecule has 13 nitrogen and oxygen atoms in total. The third kappa shape index (κ3) is 7.19. The van der Waals surface area contributed by atoms with Gasteiger partial charge in [-0.3, -0.25) is 4.79 Å². The van der Waals surface area contributed by atoms with Crippen LogP contribution in [0.1, 0.15) is 65.7 Å². The molecule has 2 saturated carbocycles. The van der Waals surface area contributed by atoms with Gasteiger partial charge in [-0.05, 0) is 69.6 Å². The van der Waals surface area contributed by atoms with Crippen LogP contribution in [-0.4, -0.2) is 128 Å². The lowest BCUT2D eigenvalue weighted by atomic mass is 9.46. The monoisotopic (exact) mass is 644 g/mol. The molecule has 45 heavy (non-hydrogen) atoms. The number of esters is 1. The molecule has 258 valence electrons. The van der Waals surface area contributed by atoms with E-state index in [0.717, 1.165) is 49.7 Å². The zero-order valence-corrected chi connectivity index (χ0v) is 26.4. The van der Waals surface area contributed by atoms with Crippen LogP contribution in [0.4, 0.5) is 0 Å². The number of aliphatic hydroxyl groups is 8. The number of carbonyl (C=O) groups is 1. The first-order valence-electron chi connectivity index (χ1n) is 16.0. The Labute approximate surface area is 264 Å². The molecule has 0 unspecified atom stereocenters. The lowest BCUT2D eigenvalue weighted by Gasteiger charge is -2.58. The van der Waals surface area contributed by atoms with Gasteiger partial charge in [0.05, 0.1) is 25.2 Å². The van der Waals surface area contributed by atoms with E-state index in [-0.39, 0.29) is 23.9 Å². The predicted octanol–water partition coefficient (Wildman–Crippen LogP) is -0.349. The average Bonchev–Trinajstić information content (AvgIpc) is 3.00. The van der Waals surface area contributed by atoms with Gasteiger partial charge >= 0.3 is 5.97 Å². The van der Waals surface area contributed by atoms with Crippen LogP contribution < -0.4 is 0 Å². The van der Waals surface area contributed by atoms with Crippen molar-refractivity contribution >= 4 is 5.97 Å². The van der Waals surface area contributed by atoms with Gasteiger partial charge in [-0.25, -0.2) is 0 Å². The highest BCUT2D eigenvalue weighted by atomic mass is 16.7. The van der Waals surface area contributed by atoms with Crippen LogP contribution in [0.25, 0.3) is 0 Å². The molecular formula is C32H52O13. The van der Waals surface area contributed by atoms with E-state index in [1.54, 1.807) is 0 Å². The Kier molecular flexibility index (Phi) is 11.9. The van der Waals surface area contributed by atoms with E-state index in [1.165, 1.54) is 0 Å². The summed E-state index contributed by atoms with van der Waals surface area (Å²) < 4.78 is 22.1. The van der Waals surface area contributed by atoms with E-state index in [2.05, 4.69) is 13.5 Å². The van der Waals surface area contributed by atoms with Crippen molar-refractivity contribution in [3.63, 3.8) is 0 Å². The maximum Gasteiger partial charge on any atom is 0.314 e. The lowest BCUT2D eigenvalue weighted by molar-refractivity contribution is -0.298. The quantitative estimate of drug-likeness (QED) is 0.113. The van der Waals surface area contributed by atoms with Crippen molar-refractivity contribution in [3.05, 3.63) is 23.8 Å². The standard InChI is InChI=1S/C32H52O13/c1-16(10-13-42-28-26(39)24(37)22(35)19(14-33)43-28)6-8-18-17(2)7-9-21-31(18,3)11-5-12-32(21,4)30(41)45-29-27(40)25(38)23(36)20(15-34)44-29/h10,18-29,33-40H,2,5-9,11-15H2,1,3-4H3/b16-10+/t18-,19+,20+,21+,22+,23+,24-,25-,26+,27+,28+,29-,31+,32-/m0/s1. The highest BCUT2D eigenvalue weighted by Crippen LogP contribution is 2.62. The number of hydrogen-bond donors (Lipinski definition) is 8. The number of carbonyl (C=O) groups excluding carboxylic acids is 1. The minimum absolute atomic E-state index is 0.0505. The summed E-state index contributed by atoms with van der Waals surface area (Å²) in [5, 5.41) is 79.8. The molecular weight excluding hydrogens is 592 g/mol. The summed E-state index contributed by atoms with van der Waals surface area (Å²) in [6.45, 7) is 9.38. The van der Waals surface area contributed by atoms with Crippen LogP contribution in [0, 0.1) is 22.7 Å². The molecule has 0 aromatic carbocycles. The van der Waals surface area contributed by atoms with Crippen molar-refractivity contribution < 1.29 is 64.6 Å². The van der Waals surface area contributed by atoms with Crippen LogP contribution in [0.15, 0.2) is 23.8 Å². The van der Waals surface area contributed by atoms with Gasteiger partial charge in [0.25, 0.3) is 0 Å². The molecule has 0 aromatic heterocycles. The smallest absolute Gasteiger partial charge is 0.314 e. The average molecular weight is 645 g/mol. The van der Waals surface area contributed by atoms with Gasteiger partial charge in [0.1, 0.15) is 48.8 Å². The molecule has 2 aliphatic carbocycles. The largest absolute Gasteiger partial charge is 0.432 e. The lowest BCUT2D eigenvalue weighted by Crippen LogP contribution is -2.61. The van der Waals surface area contributed by atoms with E-state index in [9.17, 15) is 45.6 Å². The summed E-state index contributed by atoms with van der Waals surface area (Å²) in [6.07, 6.45) is -7.11. The van der Waals surface area contributed by atoms with Crippen molar-refractivity contribution in [2.45, 2.75) is 127 Å². The fourth-order valence-corrected chi connectivity index (χ4v) is 8.10.